The molecule has 0 saturated heterocycles. The van der Waals surface area contributed by atoms with Crippen LogP contribution in [-0.2, 0) is 11.3 Å². The molecule has 0 N–H and O–H groups in total. The third-order valence-electron chi connectivity index (χ3n) is 5.01. The number of thiazole rings is 1. The van der Waals surface area contributed by atoms with Gasteiger partial charge in [0.25, 0.3) is 5.56 Å². The lowest BCUT2D eigenvalue weighted by atomic mass is 10.1. The Balaban J connectivity index is 1.68. The minimum atomic E-state index is -0.922. The summed E-state index contributed by atoms with van der Waals surface area (Å²) in [6.45, 7) is 7.88. The lowest BCUT2D eigenvalue weighted by Crippen LogP contribution is -2.23. The van der Waals surface area contributed by atoms with Crippen molar-refractivity contribution in [3.8, 4) is 17.2 Å². The summed E-state index contributed by atoms with van der Waals surface area (Å²) in [6, 6.07) is 10.1. The Morgan fingerprint density at radius 1 is 1.24 bits per heavy atom. The molecule has 1 aromatic carbocycles. The van der Waals surface area contributed by atoms with Crippen LogP contribution in [0.4, 0.5) is 0 Å². The van der Waals surface area contributed by atoms with E-state index in [0.717, 1.165) is 34.1 Å². The van der Waals surface area contributed by atoms with Crippen LogP contribution in [0, 0.1) is 25.2 Å². The maximum atomic E-state index is 13.4. The lowest BCUT2D eigenvalue weighted by molar-refractivity contribution is -0.116. The zero-order chi connectivity index (χ0) is 23.5. The molecule has 4 aromatic rings. The summed E-state index contributed by atoms with van der Waals surface area (Å²) in [6.07, 6.45) is 1.63. The van der Waals surface area contributed by atoms with E-state index in [0.29, 0.717) is 20.4 Å². The number of hydrogen-bond acceptors (Lipinski definition) is 8. The average Bonchev–Trinajstić information content (AvgIpc) is 3.42. The van der Waals surface area contributed by atoms with Gasteiger partial charge in [-0.1, -0.05) is 47.7 Å². The van der Waals surface area contributed by atoms with Gasteiger partial charge in [0.1, 0.15) is 9.84 Å². The fraction of sp³-hybridized carbons (Fsp3) is 0.208. The Hall–Kier alpha value is -3.06. The molecule has 9 heteroatoms. The number of aromatic nitrogens is 3. The van der Waals surface area contributed by atoms with E-state index < -0.39 is 5.92 Å². The summed E-state index contributed by atoms with van der Waals surface area (Å²) in [7, 11) is 0. The van der Waals surface area contributed by atoms with Gasteiger partial charge in [0.2, 0.25) is 0 Å². The standard InChI is InChI=1S/C24H20N4O2S3/c1-4-9-28-23(30)20-18(16-7-5-14(2)6-8-16)12-32-22(20)27-24(28)33-13-19(29)17(10-25)21-26-15(3)11-31-21/h4-8,11-12,17H,1,9,13H2,2-3H3. The van der Waals surface area contributed by atoms with E-state index in [2.05, 4.69) is 17.6 Å². The second-order valence-electron chi connectivity index (χ2n) is 7.44. The molecular formula is C24H20N4O2S3. The summed E-state index contributed by atoms with van der Waals surface area (Å²) in [5.74, 6) is -1.17. The number of benzene rings is 1. The SMILES string of the molecule is C=CCn1c(SCC(=O)C(C#N)c2nc(C)cs2)nc2scc(-c3ccc(C)cc3)c2c1=O. The predicted molar refractivity (Wildman–Crippen MR) is 135 cm³/mol. The summed E-state index contributed by atoms with van der Waals surface area (Å²) in [5, 5.41) is 14.8. The van der Waals surface area contributed by atoms with Crippen molar-refractivity contribution < 1.29 is 4.79 Å². The van der Waals surface area contributed by atoms with Crippen molar-refractivity contribution in [1.29, 1.82) is 5.26 Å². The molecule has 33 heavy (non-hydrogen) atoms. The molecule has 0 aliphatic heterocycles. The summed E-state index contributed by atoms with van der Waals surface area (Å²) in [5.41, 5.74) is 3.57. The van der Waals surface area contributed by atoms with Gasteiger partial charge in [-0.3, -0.25) is 14.2 Å². The number of thiophene rings is 1. The van der Waals surface area contributed by atoms with E-state index in [1.807, 2.05) is 48.9 Å². The van der Waals surface area contributed by atoms with Crippen molar-refractivity contribution in [2.24, 2.45) is 0 Å². The highest BCUT2D eigenvalue weighted by Crippen LogP contribution is 2.33. The Kier molecular flexibility index (Phi) is 6.88. The number of fused-ring (bicyclic) bond motifs is 1. The first kappa shape index (κ1) is 23.1. The van der Waals surface area contributed by atoms with Gasteiger partial charge in [-0.05, 0) is 19.4 Å². The van der Waals surface area contributed by atoms with Crippen molar-refractivity contribution in [1.82, 2.24) is 14.5 Å². The van der Waals surface area contributed by atoms with Crippen LogP contribution in [0.5, 0.6) is 0 Å². The molecule has 1 unspecified atom stereocenters. The van der Waals surface area contributed by atoms with Crippen LogP contribution in [-0.4, -0.2) is 26.1 Å². The number of nitrogens with zero attached hydrogens (tertiary/aromatic N) is 4. The zero-order valence-electron chi connectivity index (χ0n) is 18.1. The molecule has 0 spiro atoms. The molecule has 0 bridgehead atoms. The molecule has 3 aromatic heterocycles. The molecular weight excluding hydrogens is 472 g/mol. The van der Waals surface area contributed by atoms with Crippen molar-refractivity contribution in [3.05, 3.63) is 74.3 Å². The van der Waals surface area contributed by atoms with Crippen molar-refractivity contribution >= 4 is 50.4 Å². The first-order chi connectivity index (χ1) is 15.9. The van der Waals surface area contributed by atoms with Crippen LogP contribution in [0.1, 0.15) is 22.2 Å². The highest BCUT2D eigenvalue weighted by molar-refractivity contribution is 7.99. The second-order valence-corrected chi connectivity index (χ2v) is 10.1. The fourth-order valence-electron chi connectivity index (χ4n) is 3.34. The molecule has 166 valence electrons. The maximum absolute atomic E-state index is 13.4. The number of allylic oxidation sites excluding steroid dienone is 1. The Morgan fingerprint density at radius 3 is 2.64 bits per heavy atom. The number of aryl methyl sites for hydroxylation is 2. The molecule has 4 rings (SSSR count). The normalized spacial score (nSPS) is 11.9. The van der Waals surface area contributed by atoms with Crippen molar-refractivity contribution in [2.45, 2.75) is 31.5 Å². The second kappa shape index (κ2) is 9.83. The summed E-state index contributed by atoms with van der Waals surface area (Å²) < 4.78 is 1.53. The Bertz CT molecular complexity index is 1440. The van der Waals surface area contributed by atoms with E-state index >= 15 is 0 Å². The smallest absolute Gasteiger partial charge is 0.263 e. The molecule has 3 heterocycles. The zero-order valence-corrected chi connectivity index (χ0v) is 20.5. The number of carbonyl (C=O) groups is 1. The maximum Gasteiger partial charge on any atom is 0.263 e. The minimum Gasteiger partial charge on any atom is -0.297 e. The molecule has 0 aliphatic rings. The van der Waals surface area contributed by atoms with Gasteiger partial charge in [-0.25, -0.2) is 9.97 Å². The number of carbonyl (C=O) groups excluding carboxylic acids is 1. The first-order valence-electron chi connectivity index (χ1n) is 10.1. The Morgan fingerprint density at radius 2 is 2.00 bits per heavy atom. The van der Waals surface area contributed by atoms with Crippen LogP contribution in [0.15, 0.2) is 57.6 Å². The van der Waals surface area contributed by atoms with E-state index in [4.69, 9.17) is 4.98 Å². The summed E-state index contributed by atoms with van der Waals surface area (Å²) >= 11 is 3.87. The topological polar surface area (TPSA) is 88.6 Å². The quantitative estimate of drug-likeness (QED) is 0.187. The molecule has 0 radical (unpaired) electrons. The van der Waals surface area contributed by atoms with Gasteiger partial charge in [-0.2, -0.15) is 5.26 Å². The van der Waals surface area contributed by atoms with Crippen LogP contribution in [0.2, 0.25) is 0 Å². The van der Waals surface area contributed by atoms with Gasteiger partial charge in [0.15, 0.2) is 16.9 Å². The van der Waals surface area contributed by atoms with E-state index in [1.165, 1.54) is 27.2 Å². The summed E-state index contributed by atoms with van der Waals surface area (Å²) in [4.78, 5) is 35.8. The van der Waals surface area contributed by atoms with E-state index in [1.54, 1.807) is 6.08 Å². The number of rotatable bonds is 8. The number of hydrogen-bond donors (Lipinski definition) is 0. The number of nitriles is 1. The van der Waals surface area contributed by atoms with Crippen molar-refractivity contribution in [2.75, 3.05) is 5.75 Å². The third kappa shape index (κ3) is 4.69. The molecule has 0 fully saturated rings. The highest BCUT2D eigenvalue weighted by atomic mass is 32.2. The van der Waals surface area contributed by atoms with E-state index in [-0.39, 0.29) is 23.6 Å². The first-order valence-corrected chi connectivity index (χ1v) is 12.8. The monoisotopic (exact) mass is 492 g/mol. The molecule has 0 amide bonds. The fourth-order valence-corrected chi connectivity index (χ4v) is 6.10. The minimum absolute atomic E-state index is 0.0160. The van der Waals surface area contributed by atoms with E-state index in [9.17, 15) is 14.9 Å². The molecule has 1 atom stereocenters. The Labute approximate surface area is 203 Å². The van der Waals surface area contributed by atoms with Crippen LogP contribution < -0.4 is 5.56 Å². The van der Waals surface area contributed by atoms with Crippen molar-refractivity contribution in [3.63, 3.8) is 0 Å². The van der Waals surface area contributed by atoms with Gasteiger partial charge in [-0.15, -0.1) is 29.3 Å². The van der Waals surface area contributed by atoms with Gasteiger partial charge in [0.05, 0.1) is 17.2 Å². The number of ketones is 1. The van der Waals surface area contributed by atoms with Gasteiger partial charge < -0.3 is 0 Å². The number of Topliss-reactive ketones (excluding diaryl/α,β-unsaturated/α-hetero) is 1. The van der Waals surface area contributed by atoms with Gasteiger partial charge >= 0.3 is 0 Å². The third-order valence-corrected chi connectivity index (χ3v) is 7.91. The van der Waals surface area contributed by atoms with Crippen LogP contribution >= 0.6 is 34.4 Å². The largest absolute Gasteiger partial charge is 0.297 e. The lowest BCUT2D eigenvalue weighted by Gasteiger charge is -2.11. The molecule has 0 saturated carbocycles. The van der Waals surface area contributed by atoms with Gasteiger partial charge in [0, 0.05) is 28.6 Å². The number of thioether (sulfide) groups is 1. The molecule has 0 aliphatic carbocycles. The molecule has 6 nitrogen and oxygen atoms in total. The predicted octanol–water partition coefficient (Wildman–Crippen LogP) is 5.35. The average molecular weight is 493 g/mol. The van der Waals surface area contributed by atoms with Crippen LogP contribution in [0.25, 0.3) is 21.3 Å². The highest BCUT2D eigenvalue weighted by Gasteiger charge is 2.24. The van der Waals surface area contributed by atoms with Crippen LogP contribution in [0.3, 0.4) is 0 Å².